The van der Waals surface area contributed by atoms with Gasteiger partial charge in [0.05, 0.1) is 23.9 Å². The molecule has 1 saturated heterocycles. The van der Waals surface area contributed by atoms with Crippen molar-refractivity contribution < 1.29 is 14.0 Å². The summed E-state index contributed by atoms with van der Waals surface area (Å²) in [6, 6.07) is 12.0. The first-order valence-electron chi connectivity index (χ1n) is 9.92. The number of furan rings is 1. The number of thiazole rings is 1. The number of carbonyl (C=O) groups is 2. The molecule has 1 aromatic carbocycles. The SMILES string of the molecule is Cc1occc1C(=O)Nc1nc(CC(=O)N2CCN(Cc3ccccc3)CC2)cs1. The van der Waals surface area contributed by atoms with E-state index in [1.807, 2.05) is 16.3 Å². The van der Waals surface area contributed by atoms with Crippen LogP contribution in [-0.4, -0.2) is 52.8 Å². The molecule has 0 aliphatic carbocycles. The Morgan fingerprint density at radius 2 is 1.90 bits per heavy atom. The molecule has 156 valence electrons. The molecule has 2 aromatic heterocycles. The lowest BCUT2D eigenvalue weighted by molar-refractivity contribution is -0.132. The van der Waals surface area contributed by atoms with Gasteiger partial charge >= 0.3 is 0 Å². The average molecular weight is 425 g/mol. The normalized spacial score (nSPS) is 14.6. The smallest absolute Gasteiger partial charge is 0.260 e. The van der Waals surface area contributed by atoms with Crippen LogP contribution in [-0.2, 0) is 17.8 Å². The van der Waals surface area contributed by atoms with Crippen LogP contribution in [0.4, 0.5) is 5.13 Å². The number of aryl methyl sites for hydroxylation is 1. The van der Waals surface area contributed by atoms with E-state index in [0.29, 0.717) is 22.1 Å². The standard InChI is InChI=1S/C22H24N4O3S/c1-16-19(7-12-29-16)21(28)24-22-23-18(15-30-22)13-20(27)26-10-8-25(9-11-26)14-17-5-3-2-4-6-17/h2-7,12,15H,8-11,13-14H2,1H3,(H,23,24,28). The Bertz CT molecular complexity index is 1010. The van der Waals surface area contributed by atoms with Crippen LogP contribution in [0, 0.1) is 6.92 Å². The summed E-state index contributed by atoms with van der Waals surface area (Å²) < 4.78 is 5.16. The molecule has 1 N–H and O–H groups in total. The van der Waals surface area contributed by atoms with E-state index in [1.165, 1.54) is 23.2 Å². The highest BCUT2D eigenvalue weighted by Crippen LogP contribution is 2.19. The van der Waals surface area contributed by atoms with Crippen LogP contribution in [0.15, 0.2) is 52.5 Å². The Labute approximate surface area is 179 Å². The Hall–Kier alpha value is -2.97. The number of piperazine rings is 1. The zero-order valence-electron chi connectivity index (χ0n) is 16.8. The zero-order chi connectivity index (χ0) is 20.9. The third kappa shape index (κ3) is 4.95. The second-order valence-electron chi connectivity index (χ2n) is 7.31. The van der Waals surface area contributed by atoms with Crippen LogP contribution in [0.5, 0.6) is 0 Å². The molecule has 2 amide bonds. The van der Waals surface area contributed by atoms with Crippen molar-refractivity contribution in [2.24, 2.45) is 0 Å². The molecule has 0 bridgehead atoms. The monoisotopic (exact) mass is 424 g/mol. The zero-order valence-corrected chi connectivity index (χ0v) is 17.7. The van der Waals surface area contributed by atoms with Gasteiger partial charge in [0.15, 0.2) is 5.13 Å². The molecule has 3 heterocycles. The summed E-state index contributed by atoms with van der Waals surface area (Å²) in [7, 11) is 0. The van der Waals surface area contributed by atoms with Gasteiger partial charge in [0, 0.05) is 38.1 Å². The van der Waals surface area contributed by atoms with E-state index in [1.54, 1.807) is 13.0 Å². The maximum Gasteiger partial charge on any atom is 0.260 e. The lowest BCUT2D eigenvalue weighted by Gasteiger charge is -2.34. The molecule has 4 rings (SSSR count). The van der Waals surface area contributed by atoms with Gasteiger partial charge < -0.3 is 9.32 Å². The number of anilines is 1. The molecule has 0 spiro atoms. The number of amides is 2. The van der Waals surface area contributed by atoms with Crippen molar-refractivity contribution in [3.05, 3.63) is 70.6 Å². The fourth-order valence-corrected chi connectivity index (χ4v) is 4.20. The molecule has 0 unspecified atom stereocenters. The van der Waals surface area contributed by atoms with Crippen LogP contribution in [0.1, 0.15) is 27.4 Å². The first-order chi connectivity index (χ1) is 14.6. The Morgan fingerprint density at radius 3 is 2.60 bits per heavy atom. The van der Waals surface area contributed by atoms with E-state index in [4.69, 9.17) is 4.42 Å². The number of benzene rings is 1. The van der Waals surface area contributed by atoms with Crippen molar-refractivity contribution in [1.82, 2.24) is 14.8 Å². The summed E-state index contributed by atoms with van der Waals surface area (Å²) in [5, 5.41) is 5.07. The number of aromatic nitrogens is 1. The Morgan fingerprint density at radius 1 is 1.13 bits per heavy atom. The first-order valence-corrected chi connectivity index (χ1v) is 10.8. The highest BCUT2D eigenvalue weighted by molar-refractivity contribution is 7.14. The Kier molecular flexibility index (Phi) is 6.25. The van der Waals surface area contributed by atoms with E-state index in [-0.39, 0.29) is 18.2 Å². The first kappa shape index (κ1) is 20.3. The van der Waals surface area contributed by atoms with Gasteiger partial charge in [0.1, 0.15) is 5.76 Å². The van der Waals surface area contributed by atoms with E-state index in [9.17, 15) is 9.59 Å². The van der Waals surface area contributed by atoms with Gasteiger partial charge in [-0.25, -0.2) is 4.98 Å². The maximum absolute atomic E-state index is 12.7. The van der Waals surface area contributed by atoms with Gasteiger partial charge in [-0.1, -0.05) is 30.3 Å². The van der Waals surface area contributed by atoms with Gasteiger partial charge in [0.25, 0.3) is 5.91 Å². The number of nitrogens with zero attached hydrogens (tertiary/aromatic N) is 3. The summed E-state index contributed by atoms with van der Waals surface area (Å²) in [6.07, 6.45) is 1.73. The maximum atomic E-state index is 12.7. The van der Waals surface area contributed by atoms with Crippen molar-refractivity contribution in [1.29, 1.82) is 0 Å². The third-order valence-electron chi connectivity index (χ3n) is 5.18. The number of carbonyl (C=O) groups excluding carboxylic acids is 2. The van der Waals surface area contributed by atoms with Gasteiger partial charge in [-0.2, -0.15) is 0 Å². The van der Waals surface area contributed by atoms with Crippen molar-refractivity contribution in [2.75, 3.05) is 31.5 Å². The van der Waals surface area contributed by atoms with Crippen molar-refractivity contribution in [2.45, 2.75) is 19.9 Å². The minimum atomic E-state index is -0.261. The van der Waals surface area contributed by atoms with E-state index in [2.05, 4.69) is 39.5 Å². The van der Waals surface area contributed by atoms with Gasteiger partial charge in [0.2, 0.25) is 5.91 Å². The van der Waals surface area contributed by atoms with Gasteiger partial charge in [-0.15, -0.1) is 11.3 Å². The summed E-state index contributed by atoms with van der Waals surface area (Å²) in [4.78, 5) is 33.6. The molecule has 8 heteroatoms. The van der Waals surface area contributed by atoms with Crippen LogP contribution < -0.4 is 5.32 Å². The molecule has 3 aromatic rings. The van der Waals surface area contributed by atoms with Gasteiger partial charge in [-0.3, -0.25) is 19.8 Å². The molecule has 7 nitrogen and oxygen atoms in total. The quantitative estimate of drug-likeness (QED) is 0.658. The minimum Gasteiger partial charge on any atom is -0.469 e. The Balaban J connectivity index is 1.26. The summed E-state index contributed by atoms with van der Waals surface area (Å²) >= 11 is 1.32. The highest BCUT2D eigenvalue weighted by atomic mass is 32.1. The average Bonchev–Trinajstić information content (AvgIpc) is 3.38. The van der Waals surface area contributed by atoms with Crippen LogP contribution in [0.2, 0.25) is 0 Å². The molecule has 1 aliphatic heterocycles. The molecule has 0 atom stereocenters. The number of hydrogen-bond acceptors (Lipinski definition) is 6. The summed E-state index contributed by atoms with van der Waals surface area (Å²) in [5.41, 5.74) is 2.45. The minimum absolute atomic E-state index is 0.0724. The predicted molar refractivity (Wildman–Crippen MR) is 116 cm³/mol. The van der Waals surface area contributed by atoms with E-state index in [0.717, 1.165) is 32.7 Å². The van der Waals surface area contributed by atoms with E-state index >= 15 is 0 Å². The molecule has 0 radical (unpaired) electrons. The largest absolute Gasteiger partial charge is 0.469 e. The van der Waals surface area contributed by atoms with Crippen LogP contribution in [0.3, 0.4) is 0 Å². The molecular weight excluding hydrogens is 400 g/mol. The predicted octanol–water partition coefficient (Wildman–Crippen LogP) is 3.18. The van der Waals surface area contributed by atoms with Crippen LogP contribution in [0.25, 0.3) is 0 Å². The number of nitrogens with one attached hydrogen (secondary N) is 1. The highest BCUT2D eigenvalue weighted by Gasteiger charge is 2.22. The molecule has 1 fully saturated rings. The second-order valence-corrected chi connectivity index (χ2v) is 8.17. The fraction of sp³-hybridized carbons (Fsp3) is 0.318. The fourth-order valence-electron chi connectivity index (χ4n) is 3.49. The topological polar surface area (TPSA) is 78.7 Å². The molecule has 0 saturated carbocycles. The molecule has 30 heavy (non-hydrogen) atoms. The summed E-state index contributed by atoms with van der Waals surface area (Å²) in [5.74, 6) is 0.372. The second kappa shape index (κ2) is 9.23. The molecular formula is C22H24N4O3S. The molecule has 1 aliphatic rings. The van der Waals surface area contributed by atoms with Crippen molar-refractivity contribution >= 4 is 28.3 Å². The number of hydrogen-bond donors (Lipinski definition) is 1. The third-order valence-corrected chi connectivity index (χ3v) is 5.99. The lowest BCUT2D eigenvalue weighted by Crippen LogP contribution is -2.48. The lowest BCUT2D eigenvalue weighted by atomic mass is 10.2. The van der Waals surface area contributed by atoms with E-state index < -0.39 is 0 Å². The van der Waals surface area contributed by atoms with Crippen LogP contribution >= 0.6 is 11.3 Å². The summed E-state index contributed by atoms with van der Waals surface area (Å²) in [6.45, 7) is 5.82. The van der Waals surface area contributed by atoms with Crippen molar-refractivity contribution in [3.63, 3.8) is 0 Å². The van der Waals surface area contributed by atoms with Gasteiger partial charge in [-0.05, 0) is 18.6 Å². The number of rotatable bonds is 6. The van der Waals surface area contributed by atoms with Crippen molar-refractivity contribution in [3.8, 4) is 0 Å².